The SMILES string of the molecule is CNC(=O)c1coc(N2CC[C@@H](SC3=C(C(=O)[O-])N4C(=O)C(C(C)O)C4[C@H]3C)C2)n1.[Na+]. The van der Waals surface area contributed by atoms with Crippen LogP contribution in [0.2, 0.25) is 0 Å². The number of aliphatic carboxylic acids is 1. The van der Waals surface area contributed by atoms with Gasteiger partial charge in [-0.3, -0.25) is 9.59 Å². The summed E-state index contributed by atoms with van der Waals surface area (Å²) in [6.45, 7) is 4.65. The van der Waals surface area contributed by atoms with Gasteiger partial charge in [-0.05, 0) is 13.3 Å². The zero-order valence-electron chi connectivity index (χ0n) is 17.8. The molecule has 0 aromatic carbocycles. The number of aliphatic hydroxyl groups is 1. The number of carbonyl (C=O) groups excluding carboxylic acids is 3. The molecule has 4 rings (SSSR count). The Labute approximate surface area is 205 Å². The largest absolute Gasteiger partial charge is 1.00 e. The van der Waals surface area contributed by atoms with Crippen molar-refractivity contribution in [2.24, 2.45) is 11.8 Å². The van der Waals surface area contributed by atoms with E-state index in [9.17, 15) is 24.6 Å². The first-order chi connectivity index (χ1) is 14.2. The molecule has 0 radical (unpaired) electrons. The van der Waals surface area contributed by atoms with Crippen molar-refractivity contribution in [3.63, 3.8) is 0 Å². The molecule has 3 unspecified atom stereocenters. The fourth-order valence-electron chi connectivity index (χ4n) is 4.49. The van der Waals surface area contributed by atoms with Crippen molar-refractivity contribution in [3.8, 4) is 0 Å². The molecule has 0 spiro atoms. The molecule has 1 aromatic heterocycles. The summed E-state index contributed by atoms with van der Waals surface area (Å²) in [5, 5.41) is 24.3. The van der Waals surface area contributed by atoms with E-state index in [4.69, 9.17) is 4.42 Å². The number of hydrogen-bond acceptors (Lipinski definition) is 9. The summed E-state index contributed by atoms with van der Waals surface area (Å²) in [6.07, 6.45) is 1.23. The number of carbonyl (C=O) groups is 3. The minimum Gasteiger partial charge on any atom is -0.543 e. The Bertz CT molecular complexity index is 934. The quantitative estimate of drug-likeness (QED) is 0.324. The monoisotopic (exact) mass is 458 g/mol. The molecule has 162 valence electrons. The third-order valence-corrected chi connectivity index (χ3v) is 7.50. The Hall–Kier alpha value is -1.53. The maximum Gasteiger partial charge on any atom is 1.00 e. The van der Waals surface area contributed by atoms with Crippen LogP contribution in [0.25, 0.3) is 0 Å². The first-order valence-corrected chi connectivity index (χ1v) is 10.7. The number of aromatic nitrogens is 1. The molecule has 12 heteroatoms. The van der Waals surface area contributed by atoms with Gasteiger partial charge in [0.1, 0.15) is 6.26 Å². The van der Waals surface area contributed by atoms with E-state index in [-0.39, 0.29) is 70.0 Å². The number of aliphatic hydroxyl groups excluding tert-OH is 1. The molecule has 1 aromatic rings. The van der Waals surface area contributed by atoms with E-state index in [1.165, 1.54) is 30.0 Å². The van der Waals surface area contributed by atoms with Gasteiger partial charge in [0, 0.05) is 36.2 Å². The summed E-state index contributed by atoms with van der Waals surface area (Å²) in [7, 11) is 1.51. The molecule has 3 aliphatic heterocycles. The van der Waals surface area contributed by atoms with E-state index in [2.05, 4.69) is 10.3 Å². The van der Waals surface area contributed by atoms with E-state index in [0.29, 0.717) is 24.0 Å². The summed E-state index contributed by atoms with van der Waals surface area (Å²) in [5.41, 5.74) is 0.123. The normalized spacial score (nSPS) is 28.2. The van der Waals surface area contributed by atoms with Gasteiger partial charge in [0.05, 0.1) is 29.7 Å². The van der Waals surface area contributed by atoms with Crippen molar-refractivity contribution in [1.82, 2.24) is 15.2 Å². The first-order valence-electron chi connectivity index (χ1n) is 9.80. The molecular weight excluding hydrogens is 435 g/mol. The second-order valence-electron chi connectivity index (χ2n) is 7.82. The van der Waals surface area contributed by atoms with E-state index >= 15 is 0 Å². The smallest absolute Gasteiger partial charge is 0.543 e. The number of oxazole rings is 1. The minimum atomic E-state index is -1.37. The summed E-state index contributed by atoms with van der Waals surface area (Å²) < 4.78 is 5.42. The molecule has 2 saturated heterocycles. The molecule has 3 aliphatic rings. The Morgan fingerprint density at radius 2 is 2.16 bits per heavy atom. The Morgan fingerprint density at radius 3 is 2.77 bits per heavy atom. The van der Waals surface area contributed by atoms with Gasteiger partial charge in [-0.25, -0.2) is 0 Å². The number of nitrogens with one attached hydrogen (secondary N) is 1. The Balaban J connectivity index is 0.00000272. The molecular formula is C19H23N4NaO6S. The van der Waals surface area contributed by atoms with Gasteiger partial charge >= 0.3 is 29.6 Å². The van der Waals surface area contributed by atoms with Crippen LogP contribution in [0.1, 0.15) is 30.8 Å². The van der Waals surface area contributed by atoms with Crippen molar-refractivity contribution in [2.75, 3.05) is 25.0 Å². The number of anilines is 1. The topological polar surface area (TPSA) is 139 Å². The first kappa shape index (κ1) is 24.1. The van der Waals surface area contributed by atoms with Crippen molar-refractivity contribution < 1.29 is 58.6 Å². The number of amides is 2. The molecule has 10 nitrogen and oxygen atoms in total. The van der Waals surface area contributed by atoms with E-state index < -0.39 is 18.0 Å². The van der Waals surface area contributed by atoms with Crippen molar-refractivity contribution >= 4 is 35.6 Å². The van der Waals surface area contributed by atoms with Crippen LogP contribution in [0, 0.1) is 11.8 Å². The van der Waals surface area contributed by atoms with Gasteiger partial charge in [0.25, 0.3) is 11.9 Å². The predicted molar refractivity (Wildman–Crippen MR) is 105 cm³/mol. The van der Waals surface area contributed by atoms with Crippen LogP contribution < -0.4 is 44.9 Å². The van der Waals surface area contributed by atoms with E-state index in [0.717, 1.165) is 6.42 Å². The summed E-state index contributed by atoms with van der Waals surface area (Å²) in [5.74, 6) is -2.87. The van der Waals surface area contributed by atoms with Crippen LogP contribution in [0.5, 0.6) is 0 Å². The molecule has 4 heterocycles. The van der Waals surface area contributed by atoms with E-state index in [1.54, 1.807) is 6.92 Å². The summed E-state index contributed by atoms with van der Waals surface area (Å²) >= 11 is 1.43. The van der Waals surface area contributed by atoms with E-state index in [1.807, 2.05) is 11.8 Å². The van der Waals surface area contributed by atoms with Crippen molar-refractivity contribution in [3.05, 3.63) is 22.6 Å². The predicted octanol–water partition coefficient (Wildman–Crippen LogP) is -3.83. The number of fused-ring (bicyclic) bond motifs is 1. The van der Waals surface area contributed by atoms with Gasteiger partial charge in [0.2, 0.25) is 5.91 Å². The summed E-state index contributed by atoms with van der Waals surface area (Å²) in [6, 6.07) is -0.00861. The van der Waals surface area contributed by atoms with Gasteiger partial charge < -0.3 is 34.5 Å². The Morgan fingerprint density at radius 1 is 1.45 bits per heavy atom. The molecule has 5 atom stereocenters. The van der Waals surface area contributed by atoms with Crippen LogP contribution >= 0.6 is 11.8 Å². The minimum absolute atomic E-state index is 0. The van der Waals surface area contributed by atoms with Crippen molar-refractivity contribution in [2.45, 2.75) is 37.7 Å². The van der Waals surface area contributed by atoms with Crippen molar-refractivity contribution in [1.29, 1.82) is 0 Å². The van der Waals surface area contributed by atoms with Crippen LogP contribution in [0.3, 0.4) is 0 Å². The second-order valence-corrected chi connectivity index (χ2v) is 9.17. The number of hydrogen-bond donors (Lipinski definition) is 2. The number of rotatable bonds is 6. The summed E-state index contributed by atoms with van der Waals surface area (Å²) in [4.78, 5) is 43.9. The fourth-order valence-corrected chi connectivity index (χ4v) is 5.97. The Kier molecular flexibility index (Phi) is 7.11. The number of carboxylic acids is 1. The van der Waals surface area contributed by atoms with Gasteiger partial charge in [-0.2, -0.15) is 4.98 Å². The van der Waals surface area contributed by atoms with Gasteiger partial charge in [-0.1, -0.05) is 6.92 Å². The molecule has 2 amide bonds. The zero-order chi connectivity index (χ0) is 21.7. The van der Waals surface area contributed by atoms with Gasteiger partial charge in [-0.15, -0.1) is 11.8 Å². The standard InChI is InChI=1S/C19H24N4O6S.Na/c1-8-13-12(9(2)24)17(26)23(13)14(18(27)28)15(8)30-10-4-5-22(6-10)19-21-11(7-29-19)16(25)20-3;/h7-10,12-13,24H,4-6H2,1-3H3,(H,20,25)(H,27,28);/q;+1/p-1/t8-,9?,10-,12?,13?;/m1./s1. The molecule has 0 aliphatic carbocycles. The maximum atomic E-state index is 12.4. The molecule has 2 N–H and O–H groups in total. The molecule has 2 fully saturated rings. The average molecular weight is 458 g/mol. The number of nitrogens with zero attached hydrogens (tertiary/aromatic N) is 3. The zero-order valence-corrected chi connectivity index (χ0v) is 20.6. The van der Waals surface area contributed by atoms with Crippen LogP contribution in [0.15, 0.2) is 21.3 Å². The number of thioether (sulfide) groups is 1. The maximum absolute atomic E-state index is 12.4. The number of β-lactam (4-membered cyclic amide) rings is 1. The third kappa shape index (κ3) is 4.02. The second kappa shape index (κ2) is 9.14. The fraction of sp³-hybridized carbons (Fsp3) is 0.579. The van der Waals surface area contributed by atoms with Crippen LogP contribution in [0.4, 0.5) is 6.01 Å². The third-order valence-electron chi connectivity index (χ3n) is 5.96. The van der Waals surface area contributed by atoms with Crippen LogP contribution in [-0.4, -0.2) is 70.3 Å². The van der Waals surface area contributed by atoms with Crippen LogP contribution in [-0.2, 0) is 9.59 Å². The molecule has 0 saturated carbocycles. The number of carboxylic acid groups (broad SMARTS) is 1. The van der Waals surface area contributed by atoms with Gasteiger partial charge in [0.15, 0.2) is 5.69 Å². The average Bonchev–Trinajstić information content (AvgIpc) is 3.39. The molecule has 0 bridgehead atoms. The molecule has 31 heavy (non-hydrogen) atoms.